The summed E-state index contributed by atoms with van der Waals surface area (Å²) in [4.78, 5) is 26.5. The number of hydrogen-bond donors (Lipinski definition) is 1. The van der Waals surface area contributed by atoms with Crippen molar-refractivity contribution in [3.8, 4) is 11.4 Å². The Hall–Kier alpha value is -2.65. The minimum absolute atomic E-state index is 0.0839. The summed E-state index contributed by atoms with van der Waals surface area (Å²) in [5, 5.41) is 12.8. The fourth-order valence-corrected chi connectivity index (χ4v) is 6.39. The van der Waals surface area contributed by atoms with Gasteiger partial charge in [0.2, 0.25) is 5.91 Å². The first kappa shape index (κ1) is 25.4. The fourth-order valence-electron chi connectivity index (χ4n) is 4.26. The van der Waals surface area contributed by atoms with Crippen LogP contribution in [-0.4, -0.2) is 39.5 Å². The molecule has 2 aromatic heterocycles. The lowest BCUT2D eigenvalue weighted by atomic mass is 9.87. The Morgan fingerprint density at radius 2 is 1.94 bits per heavy atom. The Bertz CT molecular complexity index is 1240. The number of methoxy groups -OCH3 is 1. The van der Waals surface area contributed by atoms with Gasteiger partial charge in [0, 0.05) is 17.5 Å². The maximum atomic E-state index is 12.8. The molecule has 186 valence electrons. The third kappa shape index (κ3) is 5.46. The molecule has 0 radical (unpaired) electrons. The Kier molecular flexibility index (Phi) is 7.38. The Morgan fingerprint density at radius 1 is 1.23 bits per heavy atom. The lowest BCUT2D eigenvalue weighted by Crippen LogP contribution is -2.17. The van der Waals surface area contributed by atoms with Gasteiger partial charge in [-0.25, -0.2) is 4.79 Å². The molecule has 9 heteroatoms. The van der Waals surface area contributed by atoms with Gasteiger partial charge < -0.3 is 14.6 Å². The van der Waals surface area contributed by atoms with E-state index in [1.807, 2.05) is 11.6 Å². The maximum absolute atomic E-state index is 12.8. The quantitative estimate of drug-likeness (QED) is 0.348. The Labute approximate surface area is 214 Å². The van der Waals surface area contributed by atoms with E-state index in [2.05, 4.69) is 67.5 Å². The third-order valence-corrected chi connectivity index (χ3v) is 8.52. The van der Waals surface area contributed by atoms with Gasteiger partial charge in [-0.1, -0.05) is 63.7 Å². The second kappa shape index (κ2) is 10.1. The van der Waals surface area contributed by atoms with E-state index in [9.17, 15) is 9.59 Å². The Balaban J connectivity index is 1.45. The summed E-state index contributed by atoms with van der Waals surface area (Å²) >= 11 is 2.81. The van der Waals surface area contributed by atoms with Crippen molar-refractivity contribution >= 4 is 40.0 Å². The summed E-state index contributed by atoms with van der Waals surface area (Å²) in [5.74, 6) is 0.900. The van der Waals surface area contributed by atoms with Crippen molar-refractivity contribution < 1.29 is 14.3 Å². The SMILES string of the molecule is COC(=O)c1c(NC(=O)CSc2nnc(-c3ccc(C(C)(C)C)cc3)n2C)sc2c1CCC(C)C2. The molecule has 3 aromatic rings. The minimum atomic E-state index is -0.393. The molecule has 1 aliphatic carbocycles. The maximum Gasteiger partial charge on any atom is 0.341 e. The van der Waals surface area contributed by atoms with Crippen LogP contribution in [0.2, 0.25) is 0 Å². The van der Waals surface area contributed by atoms with Gasteiger partial charge >= 0.3 is 5.97 Å². The topological polar surface area (TPSA) is 86.1 Å². The molecule has 0 fully saturated rings. The van der Waals surface area contributed by atoms with Crippen LogP contribution in [-0.2, 0) is 34.8 Å². The molecule has 1 aliphatic rings. The van der Waals surface area contributed by atoms with Crippen LogP contribution in [0.3, 0.4) is 0 Å². The van der Waals surface area contributed by atoms with Crippen LogP contribution in [0.25, 0.3) is 11.4 Å². The van der Waals surface area contributed by atoms with Crippen molar-refractivity contribution in [2.45, 2.75) is 57.5 Å². The monoisotopic (exact) mass is 512 g/mol. The summed E-state index contributed by atoms with van der Waals surface area (Å²) in [7, 11) is 3.28. The van der Waals surface area contributed by atoms with Crippen LogP contribution >= 0.6 is 23.1 Å². The standard InChI is InChI=1S/C26H32N4O3S2/c1-15-7-12-18-19(13-15)35-23(21(18)24(32)33-6)27-20(31)14-34-25-29-28-22(30(25)5)16-8-10-17(11-9-16)26(2,3)4/h8-11,15H,7,12-14H2,1-6H3,(H,27,31). The van der Waals surface area contributed by atoms with Crippen LogP contribution in [0.5, 0.6) is 0 Å². The van der Waals surface area contributed by atoms with Crippen LogP contribution in [0.15, 0.2) is 29.4 Å². The van der Waals surface area contributed by atoms with E-state index in [1.165, 1.54) is 40.6 Å². The average Bonchev–Trinajstić information content (AvgIpc) is 3.35. The number of nitrogens with zero attached hydrogens (tertiary/aromatic N) is 3. The van der Waals surface area contributed by atoms with Gasteiger partial charge in [0.25, 0.3) is 0 Å². The first-order valence-corrected chi connectivity index (χ1v) is 13.5. The summed E-state index contributed by atoms with van der Waals surface area (Å²) in [6, 6.07) is 8.34. The molecule has 0 bridgehead atoms. The number of amides is 1. The number of aromatic nitrogens is 3. The Morgan fingerprint density at radius 3 is 2.60 bits per heavy atom. The molecule has 0 saturated heterocycles. The molecule has 1 N–H and O–H groups in total. The number of carbonyl (C=O) groups is 2. The smallest absolute Gasteiger partial charge is 0.341 e. The number of anilines is 1. The molecule has 1 unspecified atom stereocenters. The van der Waals surface area contributed by atoms with Crippen LogP contribution < -0.4 is 5.32 Å². The van der Waals surface area contributed by atoms with Crippen LogP contribution in [0.1, 0.15) is 60.5 Å². The molecule has 2 heterocycles. The summed E-state index contributed by atoms with van der Waals surface area (Å²) in [5.41, 5.74) is 3.85. The molecule has 1 aromatic carbocycles. The first-order valence-electron chi connectivity index (χ1n) is 11.7. The van der Waals surface area contributed by atoms with Gasteiger partial charge in [-0.2, -0.15) is 0 Å². The molecule has 4 rings (SSSR count). The van der Waals surface area contributed by atoms with Crippen molar-refractivity contribution in [3.05, 3.63) is 45.8 Å². The number of benzene rings is 1. The summed E-state index contributed by atoms with van der Waals surface area (Å²) in [6.45, 7) is 8.77. The van der Waals surface area contributed by atoms with Crippen molar-refractivity contribution in [2.24, 2.45) is 13.0 Å². The number of ether oxygens (including phenoxy) is 1. The predicted octanol–water partition coefficient (Wildman–Crippen LogP) is 5.48. The largest absolute Gasteiger partial charge is 0.465 e. The highest BCUT2D eigenvalue weighted by Gasteiger charge is 2.29. The van der Waals surface area contributed by atoms with Crippen molar-refractivity contribution in [3.63, 3.8) is 0 Å². The van der Waals surface area contributed by atoms with Crippen LogP contribution in [0, 0.1) is 5.92 Å². The minimum Gasteiger partial charge on any atom is -0.465 e. The lowest BCUT2D eigenvalue weighted by molar-refractivity contribution is -0.113. The number of thioether (sulfide) groups is 1. The molecule has 7 nitrogen and oxygen atoms in total. The summed E-state index contributed by atoms with van der Waals surface area (Å²) < 4.78 is 6.91. The summed E-state index contributed by atoms with van der Waals surface area (Å²) in [6.07, 6.45) is 2.79. The average molecular weight is 513 g/mol. The number of hydrogen-bond acceptors (Lipinski definition) is 7. The highest BCUT2D eigenvalue weighted by atomic mass is 32.2. The van der Waals surface area contributed by atoms with E-state index < -0.39 is 5.97 Å². The highest BCUT2D eigenvalue weighted by Crippen LogP contribution is 2.40. The van der Waals surface area contributed by atoms with E-state index in [4.69, 9.17) is 4.74 Å². The van der Waals surface area contributed by atoms with Gasteiger partial charge in [-0.15, -0.1) is 21.5 Å². The van der Waals surface area contributed by atoms with Gasteiger partial charge in [-0.05, 0) is 41.7 Å². The van der Waals surface area contributed by atoms with Crippen LogP contribution in [0.4, 0.5) is 5.00 Å². The molecule has 35 heavy (non-hydrogen) atoms. The zero-order chi connectivity index (χ0) is 25.3. The number of fused-ring (bicyclic) bond motifs is 1. The van der Waals surface area contributed by atoms with Gasteiger partial charge in [-0.3, -0.25) is 4.79 Å². The number of thiophene rings is 1. The fraction of sp³-hybridized carbons (Fsp3) is 0.462. The molecular weight excluding hydrogens is 480 g/mol. The number of esters is 1. The molecule has 0 spiro atoms. The zero-order valence-electron chi connectivity index (χ0n) is 21.1. The van der Waals surface area contributed by atoms with Gasteiger partial charge in [0.05, 0.1) is 18.4 Å². The lowest BCUT2D eigenvalue weighted by Gasteiger charge is -2.19. The molecule has 0 saturated carbocycles. The van der Waals surface area contributed by atoms with Gasteiger partial charge in [0.15, 0.2) is 11.0 Å². The first-order chi connectivity index (χ1) is 16.6. The highest BCUT2D eigenvalue weighted by molar-refractivity contribution is 7.99. The number of rotatable bonds is 6. The van der Waals surface area contributed by atoms with Crippen molar-refractivity contribution in [1.29, 1.82) is 0 Å². The van der Waals surface area contributed by atoms with E-state index >= 15 is 0 Å². The molecule has 1 amide bonds. The second-order valence-electron chi connectivity index (χ2n) is 10.1. The third-order valence-electron chi connectivity index (χ3n) is 6.33. The van der Waals surface area contributed by atoms with E-state index in [0.717, 1.165) is 36.2 Å². The second-order valence-corrected chi connectivity index (χ2v) is 12.1. The van der Waals surface area contributed by atoms with Crippen molar-refractivity contribution in [2.75, 3.05) is 18.2 Å². The zero-order valence-corrected chi connectivity index (χ0v) is 22.7. The van der Waals surface area contributed by atoms with Crippen molar-refractivity contribution in [1.82, 2.24) is 14.8 Å². The molecule has 1 atom stereocenters. The number of nitrogens with one attached hydrogen (secondary N) is 1. The van der Waals surface area contributed by atoms with E-state index in [1.54, 1.807) is 0 Å². The molecular formula is C26H32N4O3S2. The molecule has 0 aliphatic heterocycles. The predicted molar refractivity (Wildman–Crippen MR) is 141 cm³/mol. The van der Waals surface area contributed by atoms with Gasteiger partial charge in [0.1, 0.15) is 5.00 Å². The van der Waals surface area contributed by atoms with E-state index in [-0.39, 0.29) is 17.1 Å². The number of carbonyl (C=O) groups excluding carboxylic acids is 2. The van der Waals surface area contributed by atoms with E-state index in [0.29, 0.717) is 21.6 Å². The normalized spacial score (nSPS) is 15.5.